The van der Waals surface area contributed by atoms with Crippen LogP contribution in [-0.4, -0.2) is 9.97 Å². The van der Waals surface area contributed by atoms with E-state index in [1.54, 1.807) is 0 Å². The SMILES string of the molecule is c1ccc(COc2ccc(-c3nc(-c4ccc5c(c4)sc4ccccc45)c(-c4ccccc4)[nH]3)cc2)cc1. The number of ether oxygens (including phenoxy) is 1. The fourth-order valence-corrected chi connectivity index (χ4v) is 6.00. The van der Waals surface area contributed by atoms with E-state index in [0.29, 0.717) is 6.61 Å². The summed E-state index contributed by atoms with van der Waals surface area (Å²) in [7, 11) is 0. The summed E-state index contributed by atoms with van der Waals surface area (Å²) < 4.78 is 8.56. The van der Waals surface area contributed by atoms with E-state index in [9.17, 15) is 0 Å². The van der Waals surface area contributed by atoms with E-state index in [-0.39, 0.29) is 0 Å². The third-order valence-electron chi connectivity index (χ3n) is 6.79. The second kappa shape index (κ2) is 9.66. The lowest BCUT2D eigenvalue weighted by Gasteiger charge is -2.06. The number of fused-ring (bicyclic) bond motifs is 3. The number of hydrogen-bond donors (Lipinski definition) is 1. The highest BCUT2D eigenvalue weighted by atomic mass is 32.1. The van der Waals surface area contributed by atoms with E-state index in [2.05, 4.69) is 96.0 Å². The Kier molecular flexibility index (Phi) is 5.72. The Bertz CT molecular complexity index is 1850. The summed E-state index contributed by atoms with van der Waals surface area (Å²) in [4.78, 5) is 8.74. The molecule has 0 radical (unpaired) electrons. The summed E-state index contributed by atoms with van der Waals surface area (Å²) in [6, 6.07) is 44.0. The van der Waals surface area contributed by atoms with Gasteiger partial charge in [0.1, 0.15) is 18.2 Å². The topological polar surface area (TPSA) is 37.9 Å². The highest BCUT2D eigenvalue weighted by Gasteiger charge is 2.17. The van der Waals surface area contributed by atoms with Gasteiger partial charge in [-0.3, -0.25) is 0 Å². The summed E-state index contributed by atoms with van der Waals surface area (Å²) in [5.41, 5.74) is 6.35. The maximum Gasteiger partial charge on any atom is 0.138 e. The first-order valence-electron chi connectivity index (χ1n) is 12.7. The zero-order chi connectivity index (χ0) is 25.3. The molecule has 0 spiro atoms. The molecule has 4 heteroatoms. The quantitative estimate of drug-likeness (QED) is 0.243. The van der Waals surface area contributed by atoms with Crippen LogP contribution in [0.2, 0.25) is 0 Å². The first-order chi connectivity index (χ1) is 18.8. The maximum atomic E-state index is 5.99. The first-order valence-corrected chi connectivity index (χ1v) is 13.5. The van der Waals surface area contributed by atoms with E-state index in [1.165, 1.54) is 20.2 Å². The molecule has 0 unspecified atom stereocenters. The Labute approximate surface area is 225 Å². The van der Waals surface area contributed by atoms with Gasteiger partial charge in [-0.15, -0.1) is 11.3 Å². The molecule has 0 bridgehead atoms. The molecule has 0 saturated carbocycles. The zero-order valence-electron chi connectivity index (χ0n) is 20.6. The molecule has 182 valence electrons. The molecule has 7 rings (SSSR count). The van der Waals surface area contributed by atoms with E-state index in [0.717, 1.165) is 45.2 Å². The van der Waals surface area contributed by atoms with Crippen LogP contribution in [0.25, 0.3) is 54.1 Å². The molecule has 7 aromatic rings. The fraction of sp³-hybridized carbons (Fsp3) is 0.0294. The molecule has 38 heavy (non-hydrogen) atoms. The summed E-state index contributed by atoms with van der Waals surface area (Å²) >= 11 is 1.83. The van der Waals surface area contributed by atoms with Crippen molar-refractivity contribution in [3.8, 4) is 39.7 Å². The largest absolute Gasteiger partial charge is 0.489 e. The second-order valence-electron chi connectivity index (χ2n) is 9.28. The van der Waals surface area contributed by atoms with Gasteiger partial charge in [0.05, 0.1) is 11.4 Å². The van der Waals surface area contributed by atoms with Gasteiger partial charge in [0.25, 0.3) is 0 Å². The van der Waals surface area contributed by atoms with Crippen LogP contribution < -0.4 is 4.74 Å². The standard InChI is InChI=1S/C34H24N2OS/c1-3-9-23(10-4-1)22-37-27-18-15-25(16-19-27)34-35-32(24-11-5-2-6-12-24)33(36-34)26-17-20-29-28-13-7-8-14-30(28)38-31(29)21-26/h1-21H,22H2,(H,35,36). The van der Waals surface area contributed by atoms with Gasteiger partial charge in [-0.2, -0.15) is 0 Å². The molecular formula is C34H24N2OS. The van der Waals surface area contributed by atoms with Crippen LogP contribution in [0.1, 0.15) is 5.56 Å². The van der Waals surface area contributed by atoms with Crippen LogP contribution in [0.4, 0.5) is 0 Å². The molecular weight excluding hydrogens is 484 g/mol. The monoisotopic (exact) mass is 508 g/mol. The molecule has 0 aliphatic rings. The van der Waals surface area contributed by atoms with Gasteiger partial charge < -0.3 is 9.72 Å². The highest BCUT2D eigenvalue weighted by Crippen LogP contribution is 2.39. The van der Waals surface area contributed by atoms with E-state index >= 15 is 0 Å². The van der Waals surface area contributed by atoms with E-state index in [4.69, 9.17) is 9.72 Å². The van der Waals surface area contributed by atoms with Gasteiger partial charge in [-0.05, 0) is 42.0 Å². The number of nitrogens with zero attached hydrogens (tertiary/aromatic N) is 1. The number of aromatic amines is 1. The Hall–Kier alpha value is -4.67. The summed E-state index contributed by atoms with van der Waals surface area (Å²) in [6.45, 7) is 0.545. The molecule has 1 N–H and O–H groups in total. The number of aromatic nitrogens is 2. The van der Waals surface area contributed by atoms with Gasteiger partial charge >= 0.3 is 0 Å². The van der Waals surface area contributed by atoms with Crippen molar-refractivity contribution in [1.82, 2.24) is 9.97 Å². The Morgan fingerprint density at radius 2 is 1.29 bits per heavy atom. The number of benzene rings is 5. The van der Waals surface area contributed by atoms with Gasteiger partial charge in [0.15, 0.2) is 0 Å². The Balaban J connectivity index is 1.26. The van der Waals surface area contributed by atoms with Crippen LogP contribution in [-0.2, 0) is 6.61 Å². The number of thiophene rings is 1. The van der Waals surface area contributed by atoms with Crippen molar-refractivity contribution in [1.29, 1.82) is 0 Å². The molecule has 0 aliphatic heterocycles. The molecule has 2 aromatic heterocycles. The predicted molar refractivity (Wildman–Crippen MR) is 159 cm³/mol. The van der Waals surface area contributed by atoms with Crippen LogP contribution in [0.15, 0.2) is 127 Å². The normalized spacial score (nSPS) is 11.3. The summed E-state index contributed by atoms with van der Waals surface area (Å²) in [5, 5.41) is 2.59. The lowest BCUT2D eigenvalue weighted by Crippen LogP contribution is -1.94. The molecule has 3 nitrogen and oxygen atoms in total. The van der Waals surface area contributed by atoms with Gasteiger partial charge in [0, 0.05) is 36.9 Å². The summed E-state index contributed by atoms with van der Waals surface area (Å²) in [6.07, 6.45) is 0. The molecule has 0 atom stereocenters. The van der Waals surface area contributed by atoms with Crippen molar-refractivity contribution in [2.75, 3.05) is 0 Å². The van der Waals surface area contributed by atoms with Crippen LogP contribution in [0, 0.1) is 0 Å². The number of hydrogen-bond acceptors (Lipinski definition) is 3. The zero-order valence-corrected chi connectivity index (χ0v) is 21.4. The third kappa shape index (κ3) is 4.25. The van der Waals surface area contributed by atoms with Crippen molar-refractivity contribution in [3.05, 3.63) is 133 Å². The molecule has 2 heterocycles. The van der Waals surface area contributed by atoms with Crippen molar-refractivity contribution in [2.24, 2.45) is 0 Å². The average molecular weight is 509 g/mol. The minimum absolute atomic E-state index is 0.545. The maximum absolute atomic E-state index is 5.99. The lowest BCUT2D eigenvalue weighted by molar-refractivity contribution is 0.306. The van der Waals surface area contributed by atoms with Gasteiger partial charge in [-0.25, -0.2) is 4.98 Å². The minimum atomic E-state index is 0.545. The fourth-order valence-electron chi connectivity index (χ4n) is 4.86. The number of nitrogens with one attached hydrogen (secondary N) is 1. The third-order valence-corrected chi connectivity index (χ3v) is 7.93. The minimum Gasteiger partial charge on any atom is -0.489 e. The number of imidazole rings is 1. The highest BCUT2D eigenvalue weighted by molar-refractivity contribution is 7.25. The van der Waals surface area contributed by atoms with Crippen molar-refractivity contribution < 1.29 is 4.74 Å². The number of rotatable bonds is 6. The Morgan fingerprint density at radius 3 is 2.11 bits per heavy atom. The van der Waals surface area contributed by atoms with Crippen molar-refractivity contribution in [2.45, 2.75) is 6.61 Å². The van der Waals surface area contributed by atoms with Gasteiger partial charge in [-0.1, -0.05) is 91.0 Å². The molecule has 0 aliphatic carbocycles. The molecule has 0 saturated heterocycles. The predicted octanol–water partition coefficient (Wildman–Crippen LogP) is 9.36. The van der Waals surface area contributed by atoms with Crippen LogP contribution in [0.3, 0.4) is 0 Å². The Morgan fingerprint density at radius 1 is 0.605 bits per heavy atom. The van der Waals surface area contributed by atoms with E-state index < -0.39 is 0 Å². The van der Waals surface area contributed by atoms with Crippen molar-refractivity contribution >= 4 is 31.5 Å². The van der Waals surface area contributed by atoms with Crippen molar-refractivity contribution in [3.63, 3.8) is 0 Å². The molecule has 5 aromatic carbocycles. The molecule has 0 amide bonds. The first kappa shape index (κ1) is 22.5. The lowest BCUT2D eigenvalue weighted by atomic mass is 10.0. The van der Waals surface area contributed by atoms with E-state index in [1.807, 2.05) is 47.7 Å². The smallest absolute Gasteiger partial charge is 0.138 e. The number of H-pyrrole nitrogens is 1. The summed E-state index contributed by atoms with van der Waals surface area (Å²) in [5.74, 6) is 1.67. The average Bonchev–Trinajstić information content (AvgIpc) is 3.59. The molecule has 0 fully saturated rings. The van der Waals surface area contributed by atoms with Gasteiger partial charge in [0.2, 0.25) is 0 Å². The second-order valence-corrected chi connectivity index (χ2v) is 10.4. The van der Waals surface area contributed by atoms with Crippen LogP contribution >= 0.6 is 11.3 Å². The van der Waals surface area contributed by atoms with Crippen LogP contribution in [0.5, 0.6) is 5.75 Å².